The molecule has 2 rings (SSSR count). The van der Waals surface area contributed by atoms with Crippen LogP contribution in [0.25, 0.3) is 0 Å². The predicted molar refractivity (Wildman–Crippen MR) is 85.3 cm³/mol. The fourth-order valence-corrected chi connectivity index (χ4v) is 2.75. The number of nitrogens with zero attached hydrogens (tertiary/aromatic N) is 1. The fraction of sp³-hybridized carbons (Fsp3) is 0.333. The quantitative estimate of drug-likeness (QED) is 0.876. The van der Waals surface area contributed by atoms with Crippen LogP contribution in [-0.2, 0) is 6.54 Å². The highest BCUT2D eigenvalue weighted by atomic mass is 19.1. The smallest absolute Gasteiger partial charge is 0.127 e. The molecule has 0 amide bonds. The first-order valence-corrected chi connectivity index (χ1v) is 7.37. The van der Waals surface area contributed by atoms with E-state index in [9.17, 15) is 4.39 Å². The van der Waals surface area contributed by atoms with E-state index in [1.165, 1.54) is 6.07 Å². The molecule has 0 saturated heterocycles. The minimum Gasteiger partial charge on any atom is -0.323 e. The first-order valence-electron chi connectivity index (χ1n) is 7.37. The van der Waals surface area contributed by atoms with Crippen LogP contribution < -0.4 is 5.73 Å². The van der Waals surface area contributed by atoms with Crippen LogP contribution in [0.15, 0.2) is 54.6 Å². The average Bonchev–Trinajstić information content (AvgIpc) is 2.51. The van der Waals surface area contributed by atoms with Gasteiger partial charge in [-0.2, -0.15) is 0 Å². The molecule has 0 bridgehead atoms. The number of hydrogen-bond acceptors (Lipinski definition) is 2. The van der Waals surface area contributed by atoms with Crippen LogP contribution in [0, 0.1) is 5.82 Å². The summed E-state index contributed by atoms with van der Waals surface area (Å²) in [6, 6.07) is 17.1. The van der Waals surface area contributed by atoms with Crippen LogP contribution in [0.2, 0.25) is 0 Å². The Kier molecular flexibility index (Phi) is 5.48. The number of halogens is 1. The van der Waals surface area contributed by atoms with E-state index < -0.39 is 0 Å². The highest BCUT2D eigenvalue weighted by Gasteiger charge is 2.22. The SMILES string of the molecule is CCC(C(N)c1ccccc1)N(C)Cc1ccccc1F. The maximum Gasteiger partial charge on any atom is 0.127 e. The Morgan fingerprint density at radius 3 is 2.29 bits per heavy atom. The molecule has 0 radical (unpaired) electrons. The Morgan fingerprint density at radius 1 is 1.05 bits per heavy atom. The van der Waals surface area contributed by atoms with E-state index in [0.29, 0.717) is 12.1 Å². The van der Waals surface area contributed by atoms with Crippen LogP contribution in [0.1, 0.15) is 30.5 Å². The molecule has 3 heteroatoms. The summed E-state index contributed by atoms with van der Waals surface area (Å²) in [4.78, 5) is 2.13. The highest BCUT2D eigenvalue weighted by Crippen LogP contribution is 2.22. The maximum absolute atomic E-state index is 13.8. The van der Waals surface area contributed by atoms with Crippen molar-refractivity contribution in [3.05, 3.63) is 71.5 Å². The van der Waals surface area contributed by atoms with Gasteiger partial charge >= 0.3 is 0 Å². The number of hydrogen-bond donors (Lipinski definition) is 1. The van der Waals surface area contributed by atoms with Gasteiger partial charge in [0.25, 0.3) is 0 Å². The maximum atomic E-state index is 13.8. The van der Waals surface area contributed by atoms with Gasteiger partial charge in [-0.3, -0.25) is 4.90 Å². The van der Waals surface area contributed by atoms with Crippen LogP contribution in [-0.4, -0.2) is 18.0 Å². The second kappa shape index (κ2) is 7.34. The number of rotatable bonds is 6. The standard InChI is InChI=1S/C18H23FN2/c1-3-17(18(20)14-9-5-4-6-10-14)21(2)13-15-11-7-8-12-16(15)19/h4-12,17-18H,3,13,20H2,1-2H3. The first-order chi connectivity index (χ1) is 10.1. The van der Waals surface area contributed by atoms with Gasteiger partial charge in [-0.05, 0) is 25.1 Å². The second-order valence-electron chi connectivity index (χ2n) is 5.42. The van der Waals surface area contributed by atoms with E-state index in [2.05, 4.69) is 11.8 Å². The summed E-state index contributed by atoms with van der Waals surface area (Å²) < 4.78 is 13.8. The molecule has 2 nitrogen and oxygen atoms in total. The molecule has 2 unspecified atom stereocenters. The third-order valence-electron chi connectivity index (χ3n) is 3.96. The van der Waals surface area contributed by atoms with Crippen molar-refractivity contribution >= 4 is 0 Å². The lowest BCUT2D eigenvalue weighted by atomic mass is 9.97. The van der Waals surface area contributed by atoms with Crippen molar-refractivity contribution in [2.45, 2.75) is 32.0 Å². The zero-order chi connectivity index (χ0) is 15.2. The molecule has 2 atom stereocenters. The molecule has 0 heterocycles. The summed E-state index contributed by atoms with van der Waals surface area (Å²) in [6.45, 7) is 2.68. The minimum atomic E-state index is -0.160. The summed E-state index contributed by atoms with van der Waals surface area (Å²) in [5.41, 5.74) is 8.23. The molecule has 112 valence electrons. The Hall–Kier alpha value is -1.71. The highest BCUT2D eigenvalue weighted by molar-refractivity contribution is 5.21. The Labute approximate surface area is 126 Å². The van der Waals surface area contributed by atoms with Gasteiger partial charge in [0.05, 0.1) is 0 Å². The molecule has 2 aromatic rings. The van der Waals surface area contributed by atoms with Crippen molar-refractivity contribution < 1.29 is 4.39 Å². The van der Waals surface area contributed by atoms with Gasteiger partial charge in [0.2, 0.25) is 0 Å². The molecule has 0 fully saturated rings. The van der Waals surface area contributed by atoms with Gasteiger partial charge in [-0.1, -0.05) is 55.5 Å². The minimum absolute atomic E-state index is 0.0760. The number of nitrogens with two attached hydrogens (primary N) is 1. The lowest BCUT2D eigenvalue weighted by Crippen LogP contribution is -2.39. The van der Waals surface area contributed by atoms with Crippen LogP contribution in [0.3, 0.4) is 0 Å². The van der Waals surface area contributed by atoms with E-state index >= 15 is 0 Å². The van der Waals surface area contributed by atoms with E-state index in [-0.39, 0.29) is 17.9 Å². The monoisotopic (exact) mass is 286 g/mol. The lowest BCUT2D eigenvalue weighted by Gasteiger charge is -2.32. The third kappa shape index (κ3) is 3.90. The zero-order valence-corrected chi connectivity index (χ0v) is 12.7. The van der Waals surface area contributed by atoms with Crippen molar-refractivity contribution in [2.75, 3.05) is 7.05 Å². The van der Waals surface area contributed by atoms with Crippen molar-refractivity contribution in [3.8, 4) is 0 Å². The fourth-order valence-electron chi connectivity index (χ4n) is 2.75. The first kappa shape index (κ1) is 15.7. The van der Waals surface area contributed by atoms with Crippen molar-refractivity contribution in [3.63, 3.8) is 0 Å². The molecule has 0 spiro atoms. The van der Waals surface area contributed by atoms with Crippen molar-refractivity contribution in [2.24, 2.45) is 5.73 Å². The molecule has 0 aliphatic rings. The predicted octanol–water partition coefficient (Wildman–Crippen LogP) is 3.74. The second-order valence-corrected chi connectivity index (χ2v) is 5.42. The van der Waals surface area contributed by atoms with Gasteiger partial charge in [-0.15, -0.1) is 0 Å². The lowest BCUT2D eigenvalue weighted by molar-refractivity contribution is 0.195. The van der Waals surface area contributed by atoms with E-state index in [4.69, 9.17) is 5.73 Å². The van der Waals surface area contributed by atoms with E-state index in [1.54, 1.807) is 6.07 Å². The largest absolute Gasteiger partial charge is 0.323 e. The van der Waals surface area contributed by atoms with Gasteiger partial charge < -0.3 is 5.73 Å². The molecule has 0 aliphatic carbocycles. The summed E-state index contributed by atoms with van der Waals surface area (Å²) in [5.74, 6) is -0.160. The average molecular weight is 286 g/mol. The normalized spacial score (nSPS) is 14.1. The van der Waals surface area contributed by atoms with Crippen molar-refractivity contribution in [1.29, 1.82) is 0 Å². The Bertz CT molecular complexity index is 556. The molecule has 2 aromatic carbocycles. The third-order valence-corrected chi connectivity index (χ3v) is 3.96. The summed E-state index contributed by atoms with van der Waals surface area (Å²) in [5, 5.41) is 0. The number of benzene rings is 2. The van der Waals surface area contributed by atoms with E-state index in [1.807, 2.05) is 49.5 Å². The molecular formula is C18H23FN2. The Balaban J connectivity index is 2.12. The zero-order valence-electron chi connectivity index (χ0n) is 12.7. The molecular weight excluding hydrogens is 263 g/mol. The van der Waals surface area contributed by atoms with Crippen LogP contribution >= 0.6 is 0 Å². The summed E-state index contributed by atoms with van der Waals surface area (Å²) >= 11 is 0. The molecule has 0 aliphatic heterocycles. The van der Waals surface area contributed by atoms with Gasteiger partial charge in [0.15, 0.2) is 0 Å². The molecule has 2 N–H and O–H groups in total. The summed E-state index contributed by atoms with van der Waals surface area (Å²) in [6.07, 6.45) is 0.918. The molecule has 0 aromatic heterocycles. The van der Waals surface area contributed by atoms with Crippen LogP contribution in [0.5, 0.6) is 0 Å². The molecule has 21 heavy (non-hydrogen) atoms. The number of likely N-dealkylation sites (N-methyl/N-ethyl adjacent to an activating group) is 1. The topological polar surface area (TPSA) is 29.3 Å². The van der Waals surface area contributed by atoms with Gasteiger partial charge in [0, 0.05) is 24.2 Å². The van der Waals surface area contributed by atoms with Crippen molar-refractivity contribution in [1.82, 2.24) is 4.90 Å². The van der Waals surface area contributed by atoms with Gasteiger partial charge in [0.1, 0.15) is 5.82 Å². The molecule has 0 saturated carbocycles. The van der Waals surface area contributed by atoms with Gasteiger partial charge in [-0.25, -0.2) is 4.39 Å². The van der Waals surface area contributed by atoms with E-state index in [0.717, 1.165) is 12.0 Å². The summed E-state index contributed by atoms with van der Waals surface area (Å²) in [7, 11) is 2.00. The Morgan fingerprint density at radius 2 is 1.67 bits per heavy atom. The van der Waals surface area contributed by atoms with Crippen LogP contribution in [0.4, 0.5) is 4.39 Å².